The van der Waals surface area contributed by atoms with Crippen molar-refractivity contribution in [2.75, 3.05) is 38.1 Å². The first-order valence-corrected chi connectivity index (χ1v) is 15.7. The second-order valence-corrected chi connectivity index (χ2v) is 13.5. The number of aromatic nitrogens is 3. The molecule has 3 aromatic rings. The van der Waals surface area contributed by atoms with E-state index in [-0.39, 0.29) is 29.0 Å². The van der Waals surface area contributed by atoms with Crippen molar-refractivity contribution in [2.24, 2.45) is 13.0 Å². The molecule has 3 fully saturated rings. The molecule has 2 aromatic carbocycles. The normalized spacial score (nSPS) is 27.4. The zero-order chi connectivity index (χ0) is 30.8. The van der Waals surface area contributed by atoms with E-state index in [1.807, 2.05) is 35.9 Å². The fraction of sp³-hybridized carbons (Fsp3) is 0.545. The van der Waals surface area contributed by atoms with Gasteiger partial charge >= 0.3 is 6.18 Å². The Balaban J connectivity index is 1.15. The molecule has 1 saturated carbocycles. The average Bonchev–Trinajstić information content (AvgIpc) is 3.79. The summed E-state index contributed by atoms with van der Waals surface area (Å²) in [5.41, 5.74) is 1.32. The summed E-state index contributed by atoms with van der Waals surface area (Å²) in [6, 6.07) is 11.5. The number of amides is 1. The van der Waals surface area contributed by atoms with Crippen LogP contribution >= 0.6 is 0 Å². The van der Waals surface area contributed by atoms with Gasteiger partial charge in [0.25, 0.3) is 5.91 Å². The minimum atomic E-state index is -4.56. The first-order chi connectivity index (χ1) is 21.0. The van der Waals surface area contributed by atoms with Crippen LogP contribution in [0.4, 0.5) is 18.9 Å². The van der Waals surface area contributed by atoms with Crippen molar-refractivity contribution in [3.05, 3.63) is 76.4 Å². The number of anilines is 1. The molecule has 1 N–H and O–H groups in total. The van der Waals surface area contributed by atoms with Crippen molar-refractivity contribution < 1.29 is 18.0 Å². The first-order valence-electron chi connectivity index (χ1n) is 15.7. The number of hydrogen-bond donors (Lipinski definition) is 1. The van der Waals surface area contributed by atoms with Crippen molar-refractivity contribution in [1.29, 1.82) is 0 Å². The van der Waals surface area contributed by atoms with Crippen molar-refractivity contribution in [3.8, 4) is 0 Å². The van der Waals surface area contributed by atoms with Gasteiger partial charge in [-0.15, -0.1) is 10.2 Å². The third-order valence-corrected chi connectivity index (χ3v) is 10.5. The zero-order valence-corrected chi connectivity index (χ0v) is 25.6. The number of alkyl halides is 3. The number of likely N-dealkylation sites (N-methyl/N-ethyl adjacent to an activating group) is 1. The Kier molecular flexibility index (Phi) is 7.33. The van der Waals surface area contributed by atoms with Crippen LogP contribution in [-0.4, -0.2) is 75.8 Å². The molecule has 44 heavy (non-hydrogen) atoms. The Hall–Kier alpha value is -3.28. The third kappa shape index (κ3) is 5.02. The number of carbonyl (C=O) groups excluding carboxylic acids is 1. The van der Waals surface area contributed by atoms with Gasteiger partial charge in [0.05, 0.1) is 17.5 Å². The minimum Gasteiger partial charge on any atom is -0.320 e. The van der Waals surface area contributed by atoms with Crippen LogP contribution in [0.3, 0.4) is 0 Å². The predicted molar refractivity (Wildman–Crippen MR) is 161 cm³/mol. The van der Waals surface area contributed by atoms with E-state index in [0.29, 0.717) is 35.8 Å². The summed E-state index contributed by atoms with van der Waals surface area (Å²) in [6.45, 7) is 6.13. The number of fused-ring (bicyclic) bond motifs is 1. The summed E-state index contributed by atoms with van der Waals surface area (Å²) in [4.78, 5) is 20.0. The van der Waals surface area contributed by atoms with Crippen LogP contribution in [0.1, 0.15) is 71.0 Å². The van der Waals surface area contributed by atoms with Gasteiger partial charge in [-0.1, -0.05) is 19.1 Å². The van der Waals surface area contributed by atoms with Crippen LogP contribution in [0.5, 0.6) is 0 Å². The van der Waals surface area contributed by atoms with E-state index in [9.17, 15) is 18.0 Å². The molecular formula is C33H40F3N7O. The van der Waals surface area contributed by atoms with Crippen LogP contribution < -0.4 is 10.2 Å². The largest absolute Gasteiger partial charge is 0.416 e. The van der Waals surface area contributed by atoms with Crippen molar-refractivity contribution in [3.63, 3.8) is 0 Å². The summed E-state index contributed by atoms with van der Waals surface area (Å²) in [5, 5.41) is 11.9. The molecule has 234 valence electrons. The topological polar surface area (TPSA) is 69.5 Å². The first kappa shape index (κ1) is 29.4. The maximum atomic E-state index is 14.5. The van der Waals surface area contributed by atoms with E-state index < -0.39 is 11.7 Å². The number of likely N-dealkylation sites (tertiary alicyclic amines) is 1. The SMILES string of the molecule is CC1CC(c2cccc(N3Cc4c(cc(CN5CC[C@@H](N(C)C6CCNC6)C5)cc4C(F)(F)F)C3=O)c2)(c2nncn2C)C1. The second kappa shape index (κ2) is 11.0. The Morgan fingerprint density at radius 2 is 1.95 bits per heavy atom. The van der Waals surface area contributed by atoms with Gasteiger partial charge in [-0.25, -0.2) is 0 Å². The zero-order valence-electron chi connectivity index (χ0n) is 25.6. The van der Waals surface area contributed by atoms with Crippen LogP contribution in [-0.2, 0) is 31.7 Å². The molecule has 1 unspecified atom stereocenters. The molecule has 1 aromatic heterocycles. The van der Waals surface area contributed by atoms with Crippen LogP contribution in [0, 0.1) is 5.92 Å². The van der Waals surface area contributed by atoms with Crippen LogP contribution in [0.15, 0.2) is 42.7 Å². The van der Waals surface area contributed by atoms with Crippen LogP contribution in [0.25, 0.3) is 0 Å². The summed E-state index contributed by atoms with van der Waals surface area (Å²) >= 11 is 0. The lowest BCUT2D eigenvalue weighted by Crippen LogP contribution is -2.43. The number of aryl methyl sites for hydroxylation is 1. The summed E-state index contributed by atoms with van der Waals surface area (Å²) in [5.74, 6) is 0.988. The lowest BCUT2D eigenvalue weighted by molar-refractivity contribution is -0.138. The number of nitrogens with one attached hydrogen (secondary N) is 1. The van der Waals surface area contributed by atoms with Gasteiger partial charge in [-0.2, -0.15) is 13.2 Å². The van der Waals surface area contributed by atoms with Gasteiger partial charge in [0.15, 0.2) is 0 Å². The molecule has 1 aliphatic carbocycles. The van der Waals surface area contributed by atoms with Crippen molar-refractivity contribution >= 4 is 11.6 Å². The molecule has 1 amide bonds. The van der Waals surface area contributed by atoms with E-state index in [1.165, 1.54) is 11.0 Å². The predicted octanol–water partition coefficient (Wildman–Crippen LogP) is 4.58. The molecule has 0 radical (unpaired) electrons. The second-order valence-electron chi connectivity index (χ2n) is 13.5. The molecule has 8 nitrogen and oxygen atoms in total. The molecule has 0 bridgehead atoms. The Labute approximate surface area is 256 Å². The lowest BCUT2D eigenvalue weighted by Gasteiger charge is -2.46. The van der Waals surface area contributed by atoms with E-state index in [0.717, 1.165) is 63.3 Å². The smallest absolute Gasteiger partial charge is 0.320 e. The molecule has 3 aliphatic heterocycles. The highest BCUT2D eigenvalue weighted by Gasteiger charge is 2.48. The molecule has 4 heterocycles. The summed E-state index contributed by atoms with van der Waals surface area (Å²) in [6.07, 6.45) is 1.02. The van der Waals surface area contributed by atoms with Crippen molar-refractivity contribution in [2.45, 2.75) is 69.4 Å². The quantitative estimate of drug-likeness (QED) is 0.424. The molecule has 2 saturated heterocycles. The van der Waals surface area contributed by atoms with E-state index in [1.54, 1.807) is 12.4 Å². The highest BCUT2D eigenvalue weighted by atomic mass is 19.4. The number of nitrogens with zero attached hydrogens (tertiary/aromatic N) is 6. The Morgan fingerprint density at radius 1 is 1.14 bits per heavy atom. The maximum Gasteiger partial charge on any atom is 0.416 e. The average molecular weight is 608 g/mol. The Morgan fingerprint density at radius 3 is 2.64 bits per heavy atom. The standard InChI is InChI=1S/C33H40F3N7O/c1-21-14-32(15-21,31-39-38-20-40(31)2)23-5-4-6-24(13-23)43-19-28-27(30(43)44)11-22(12-29(28)33(34,35)36)17-42-10-8-26(18-42)41(3)25-7-9-37-16-25/h4-6,11-13,20-21,25-26,37H,7-10,14-19H2,1-3H3/t21?,25?,26-,32?/m1/s1. The fourth-order valence-electron chi connectivity index (χ4n) is 8.22. The van der Waals surface area contributed by atoms with Gasteiger partial charge in [0.2, 0.25) is 0 Å². The Bertz CT molecular complexity index is 1560. The molecular weight excluding hydrogens is 567 g/mol. The summed E-state index contributed by atoms with van der Waals surface area (Å²) in [7, 11) is 4.08. The van der Waals surface area contributed by atoms with E-state index in [4.69, 9.17) is 0 Å². The molecule has 4 aliphatic rings. The van der Waals surface area contributed by atoms with Gasteiger partial charge in [-0.05, 0) is 86.1 Å². The van der Waals surface area contributed by atoms with E-state index >= 15 is 0 Å². The van der Waals surface area contributed by atoms with Gasteiger partial charge in [0.1, 0.15) is 12.2 Å². The highest BCUT2D eigenvalue weighted by molar-refractivity contribution is 6.10. The number of carbonyl (C=O) groups is 1. The van der Waals surface area contributed by atoms with Gasteiger partial charge in [0, 0.05) is 56.6 Å². The van der Waals surface area contributed by atoms with E-state index in [2.05, 4.69) is 39.3 Å². The van der Waals surface area contributed by atoms with Gasteiger partial charge in [-0.3, -0.25) is 14.6 Å². The minimum absolute atomic E-state index is 0.0599. The maximum absolute atomic E-state index is 14.5. The molecule has 2 atom stereocenters. The molecule has 11 heteroatoms. The molecule has 7 rings (SSSR count). The fourth-order valence-corrected chi connectivity index (χ4v) is 8.22. The highest BCUT2D eigenvalue weighted by Crippen LogP contribution is 2.52. The number of rotatable bonds is 7. The lowest BCUT2D eigenvalue weighted by atomic mass is 9.58. The third-order valence-electron chi connectivity index (χ3n) is 10.5. The number of halogens is 3. The summed E-state index contributed by atoms with van der Waals surface area (Å²) < 4.78 is 45.3. The van der Waals surface area contributed by atoms with Gasteiger partial charge < -0.3 is 14.8 Å². The van der Waals surface area contributed by atoms with Crippen molar-refractivity contribution in [1.82, 2.24) is 29.9 Å². The molecule has 0 spiro atoms. The number of benzene rings is 2. The monoisotopic (exact) mass is 607 g/mol. The number of hydrogen-bond acceptors (Lipinski definition) is 6. The van der Waals surface area contributed by atoms with Crippen LogP contribution in [0.2, 0.25) is 0 Å².